The Hall–Kier alpha value is -1.77. The molecular formula is C24H30ClNO. The lowest BCUT2D eigenvalue weighted by molar-refractivity contribution is 0.239. The van der Waals surface area contributed by atoms with Gasteiger partial charge in [-0.2, -0.15) is 0 Å². The molecule has 0 saturated carbocycles. The number of rotatable bonds is 9. The number of nitrogens with zero attached hydrogens (tertiary/aromatic N) is 1. The van der Waals surface area contributed by atoms with Crippen molar-refractivity contribution in [2.24, 2.45) is 5.92 Å². The van der Waals surface area contributed by atoms with Gasteiger partial charge in [-0.25, -0.2) is 0 Å². The Labute approximate surface area is 168 Å². The summed E-state index contributed by atoms with van der Waals surface area (Å²) >= 11 is 5.92. The Kier molecular flexibility index (Phi) is 7.79. The zero-order valence-electron chi connectivity index (χ0n) is 16.2. The van der Waals surface area contributed by atoms with Gasteiger partial charge in [0, 0.05) is 17.5 Å². The molecule has 0 bridgehead atoms. The number of benzene rings is 2. The summed E-state index contributed by atoms with van der Waals surface area (Å²) in [5.41, 5.74) is 2.31. The van der Waals surface area contributed by atoms with Gasteiger partial charge in [0.25, 0.3) is 0 Å². The molecule has 0 aromatic heterocycles. The van der Waals surface area contributed by atoms with Crippen molar-refractivity contribution in [2.75, 3.05) is 26.2 Å². The summed E-state index contributed by atoms with van der Waals surface area (Å²) in [5, 5.41) is 0.764. The Balaban J connectivity index is 1.42. The van der Waals surface area contributed by atoms with Crippen molar-refractivity contribution in [3.63, 3.8) is 0 Å². The second-order valence-corrected chi connectivity index (χ2v) is 7.86. The number of unbranched alkanes of at least 4 members (excludes halogenated alkanes) is 2. The van der Waals surface area contributed by atoms with Crippen LogP contribution in [0.5, 0.6) is 5.75 Å². The summed E-state index contributed by atoms with van der Waals surface area (Å²) < 4.78 is 6.03. The molecule has 2 nitrogen and oxygen atoms in total. The molecule has 1 aliphatic heterocycles. The summed E-state index contributed by atoms with van der Waals surface area (Å²) in [6.45, 7) is 6.75. The minimum absolute atomic E-state index is 0.663. The average molecular weight is 384 g/mol. The molecule has 144 valence electrons. The molecule has 1 heterocycles. The van der Waals surface area contributed by atoms with E-state index in [4.69, 9.17) is 16.3 Å². The summed E-state index contributed by atoms with van der Waals surface area (Å²) in [5.74, 6) is 1.62. The van der Waals surface area contributed by atoms with Gasteiger partial charge in [0.2, 0.25) is 0 Å². The predicted octanol–water partition coefficient (Wildman–Crippen LogP) is 6.40. The number of hydrogen-bond donors (Lipinski definition) is 0. The molecule has 1 saturated heterocycles. The molecule has 3 rings (SSSR count). The highest BCUT2D eigenvalue weighted by molar-refractivity contribution is 6.30. The van der Waals surface area contributed by atoms with Gasteiger partial charge in [0.15, 0.2) is 0 Å². The first-order chi connectivity index (χ1) is 13.2. The first-order valence-electron chi connectivity index (χ1n) is 10.1. The van der Waals surface area contributed by atoms with E-state index in [9.17, 15) is 0 Å². The van der Waals surface area contributed by atoms with Crippen molar-refractivity contribution < 1.29 is 4.74 Å². The summed E-state index contributed by atoms with van der Waals surface area (Å²) in [6, 6.07) is 16.2. The third kappa shape index (κ3) is 6.71. The lowest BCUT2D eigenvalue weighted by atomic mass is 10.1. The maximum atomic E-state index is 6.03. The number of likely N-dealkylation sites (tertiary alicyclic amines) is 1. The van der Waals surface area contributed by atoms with Gasteiger partial charge in [-0.15, -0.1) is 0 Å². The number of halogens is 1. The van der Waals surface area contributed by atoms with Crippen molar-refractivity contribution in [2.45, 2.75) is 32.6 Å². The Bertz CT molecular complexity index is 708. The van der Waals surface area contributed by atoms with Crippen molar-refractivity contribution in [3.8, 4) is 5.75 Å². The fourth-order valence-electron chi connectivity index (χ4n) is 3.49. The predicted molar refractivity (Wildman–Crippen MR) is 116 cm³/mol. The van der Waals surface area contributed by atoms with Crippen LogP contribution in [0.25, 0.3) is 12.2 Å². The Morgan fingerprint density at radius 3 is 2.33 bits per heavy atom. The number of ether oxygens (including phenoxy) is 1. The summed E-state index contributed by atoms with van der Waals surface area (Å²) in [4.78, 5) is 2.59. The maximum Gasteiger partial charge on any atom is 0.119 e. The zero-order chi connectivity index (χ0) is 18.9. The Morgan fingerprint density at radius 2 is 1.67 bits per heavy atom. The smallest absolute Gasteiger partial charge is 0.119 e. The minimum atomic E-state index is 0.663. The van der Waals surface area contributed by atoms with Crippen molar-refractivity contribution in [1.82, 2.24) is 4.90 Å². The van der Waals surface area contributed by atoms with Crippen molar-refractivity contribution >= 4 is 23.8 Å². The lowest BCUT2D eigenvalue weighted by Crippen LogP contribution is -2.23. The highest BCUT2D eigenvalue weighted by atomic mass is 35.5. The fourth-order valence-corrected chi connectivity index (χ4v) is 3.62. The van der Waals surface area contributed by atoms with Crippen LogP contribution >= 0.6 is 11.6 Å². The first-order valence-corrected chi connectivity index (χ1v) is 10.5. The quantitative estimate of drug-likeness (QED) is 0.367. The SMILES string of the molecule is CCCCCN1CCC(COc2ccc(C=Cc3ccc(Cl)cc3)cc2)C1. The average Bonchev–Trinajstić information content (AvgIpc) is 3.15. The van der Waals surface area contributed by atoms with E-state index >= 15 is 0 Å². The normalized spacial score (nSPS) is 17.6. The molecule has 2 aromatic rings. The fraction of sp³-hybridized carbons (Fsp3) is 0.417. The molecule has 1 atom stereocenters. The lowest BCUT2D eigenvalue weighted by Gasteiger charge is -2.16. The molecule has 1 unspecified atom stereocenters. The molecule has 1 aliphatic rings. The molecule has 1 fully saturated rings. The molecule has 3 heteroatoms. The van der Waals surface area contributed by atoms with Gasteiger partial charge in [-0.1, -0.05) is 67.8 Å². The van der Waals surface area contributed by atoms with E-state index in [1.54, 1.807) is 0 Å². The molecule has 27 heavy (non-hydrogen) atoms. The van der Waals surface area contributed by atoms with Gasteiger partial charge in [0.1, 0.15) is 5.75 Å². The largest absolute Gasteiger partial charge is 0.493 e. The monoisotopic (exact) mass is 383 g/mol. The van der Waals surface area contributed by atoms with Crippen LogP contribution in [0.3, 0.4) is 0 Å². The maximum absolute atomic E-state index is 6.03. The van der Waals surface area contributed by atoms with Gasteiger partial charge in [-0.3, -0.25) is 0 Å². The third-order valence-electron chi connectivity index (χ3n) is 5.15. The number of hydrogen-bond acceptors (Lipinski definition) is 2. The molecular weight excluding hydrogens is 354 g/mol. The minimum Gasteiger partial charge on any atom is -0.493 e. The van der Waals surface area contributed by atoms with E-state index in [1.807, 2.05) is 24.3 Å². The first kappa shape index (κ1) is 20.0. The second kappa shape index (κ2) is 10.5. The summed E-state index contributed by atoms with van der Waals surface area (Å²) in [7, 11) is 0. The van der Waals surface area contributed by atoms with Crippen LogP contribution < -0.4 is 4.74 Å². The van der Waals surface area contributed by atoms with E-state index in [-0.39, 0.29) is 0 Å². The highest BCUT2D eigenvalue weighted by Gasteiger charge is 2.22. The van der Waals surface area contributed by atoms with Crippen LogP contribution in [0.1, 0.15) is 43.7 Å². The van der Waals surface area contributed by atoms with Crippen molar-refractivity contribution in [3.05, 3.63) is 64.7 Å². The van der Waals surface area contributed by atoms with Crippen LogP contribution in [0.2, 0.25) is 5.02 Å². The van der Waals surface area contributed by atoms with Crippen molar-refractivity contribution in [1.29, 1.82) is 0 Å². The van der Waals surface area contributed by atoms with Crippen LogP contribution in [0.15, 0.2) is 48.5 Å². The van der Waals surface area contributed by atoms with E-state index in [0.29, 0.717) is 5.92 Å². The topological polar surface area (TPSA) is 12.5 Å². The third-order valence-corrected chi connectivity index (χ3v) is 5.40. The second-order valence-electron chi connectivity index (χ2n) is 7.43. The van der Waals surface area contributed by atoms with E-state index in [2.05, 4.69) is 48.2 Å². The van der Waals surface area contributed by atoms with Gasteiger partial charge < -0.3 is 9.64 Å². The molecule has 0 aliphatic carbocycles. The van der Waals surface area contributed by atoms with E-state index in [1.165, 1.54) is 50.9 Å². The van der Waals surface area contributed by atoms with Crippen LogP contribution in [0, 0.1) is 5.92 Å². The molecule has 0 spiro atoms. The Morgan fingerprint density at radius 1 is 1.00 bits per heavy atom. The van der Waals surface area contributed by atoms with Crippen LogP contribution in [-0.2, 0) is 0 Å². The summed E-state index contributed by atoms with van der Waals surface area (Å²) in [6.07, 6.45) is 9.43. The molecule has 0 N–H and O–H groups in total. The highest BCUT2D eigenvalue weighted by Crippen LogP contribution is 2.20. The molecule has 2 aromatic carbocycles. The van der Waals surface area contributed by atoms with Crippen LogP contribution in [-0.4, -0.2) is 31.1 Å². The standard InChI is InChI=1S/C24H30ClNO/c1-2-3-4-16-26-17-15-22(18-26)19-27-24-13-9-21(10-14-24)6-5-20-7-11-23(25)12-8-20/h5-14,22H,2-4,15-19H2,1H3. The molecule has 0 amide bonds. The van der Waals surface area contributed by atoms with E-state index in [0.717, 1.165) is 22.9 Å². The van der Waals surface area contributed by atoms with E-state index < -0.39 is 0 Å². The van der Waals surface area contributed by atoms with Gasteiger partial charge in [0.05, 0.1) is 6.61 Å². The molecule has 0 radical (unpaired) electrons. The van der Waals surface area contributed by atoms with Gasteiger partial charge >= 0.3 is 0 Å². The van der Waals surface area contributed by atoms with Crippen LogP contribution in [0.4, 0.5) is 0 Å². The van der Waals surface area contributed by atoms with Gasteiger partial charge in [-0.05, 0) is 61.3 Å². The zero-order valence-corrected chi connectivity index (χ0v) is 17.0.